The Kier molecular flexibility index (Phi) is 6.93. The number of carbonyl (C=O) groups is 1. The summed E-state index contributed by atoms with van der Waals surface area (Å²) in [7, 11) is 0. The van der Waals surface area contributed by atoms with E-state index in [1.54, 1.807) is 36.0 Å². The van der Waals surface area contributed by atoms with Gasteiger partial charge in [0.25, 0.3) is 5.91 Å². The molecular formula is C17H21ClF2N4O2. The van der Waals surface area contributed by atoms with Crippen LogP contribution in [0.15, 0.2) is 30.5 Å². The van der Waals surface area contributed by atoms with Crippen LogP contribution in [-0.2, 0) is 0 Å². The molecular weight excluding hydrogens is 366 g/mol. The number of rotatable bonds is 5. The Labute approximate surface area is 156 Å². The topological polar surface area (TPSA) is 68.2 Å². The lowest BCUT2D eigenvalue weighted by Crippen LogP contribution is -2.32. The molecule has 0 spiro atoms. The molecule has 1 fully saturated rings. The fraction of sp³-hybridized carbons (Fsp3) is 0.412. The van der Waals surface area contributed by atoms with Gasteiger partial charge < -0.3 is 15.4 Å². The van der Waals surface area contributed by atoms with Crippen molar-refractivity contribution in [2.24, 2.45) is 0 Å². The molecule has 0 bridgehead atoms. The van der Waals surface area contributed by atoms with Gasteiger partial charge in [-0.25, -0.2) is 0 Å². The van der Waals surface area contributed by atoms with Gasteiger partial charge in [-0.1, -0.05) is 6.07 Å². The molecule has 1 aliphatic heterocycles. The molecule has 1 atom stereocenters. The molecule has 1 amide bonds. The van der Waals surface area contributed by atoms with E-state index >= 15 is 0 Å². The zero-order chi connectivity index (χ0) is 17.8. The SMILES string of the molecule is Cc1ccc(NC(=O)c2ccn(C3CCCNC3)n2)cc1OC(F)F.Cl. The van der Waals surface area contributed by atoms with Crippen molar-refractivity contribution in [1.82, 2.24) is 15.1 Å². The maximum Gasteiger partial charge on any atom is 0.387 e. The zero-order valence-corrected chi connectivity index (χ0v) is 15.1. The highest BCUT2D eigenvalue weighted by Gasteiger charge is 2.18. The zero-order valence-electron chi connectivity index (χ0n) is 14.2. The van der Waals surface area contributed by atoms with E-state index in [-0.39, 0.29) is 29.9 Å². The number of aryl methyl sites for hydroxylation is 1. The van der Waals surface area contributed by atoms with Gasteiger partial charge in [-0.05, 0) is 44.0 Å². The quantitative estimate of drug-likeness (QED) is 0.826. The first-order valence-electron chi connectivity index (χ1n) is 8.15. The largest absolute Gasteiger partial charge is 0.434 e. The molecule has 142 valence electrons. The summed E-state index contributed by atoms with van der Waals surface area (Å²) in [5.74, 6) is -0.360. The predicted molar refractivity (Wildman–Crippen MR) is 96.4 cm³/mol. The van der Waals surface area contributed by atoms with Gasteiger partial charge in [0, 0.05) is 24.5 Å². The van der Waals surface area contributed by atoms with Gasteiger partial charge in [0.05, 0.1) is 6.04 Å². The molecule has 3 rings (SSSR count). The number of nitrogens with zero attached hydrogens (tertiary/aromatic N) is 2. The molecule has 0 saturated carbocycles. The van der Waals surface area contributed by atoms with Crippen LogP contribution in [0.3, 0.4) is 0 Å². The first-order chi connectivity index (χ1) is 12.0. The van der Waals surface area contributed by atoms with E-state index < -0.39 is 12.5 Å². The molecule has 26 heavy (non-hydrogen) atoms. The van der Waals surface area contributed by atoms with Gasteiger partial charge in [-0.3, -0.25) is 9.48 Å². The maximum atomic E-state index is 12.4. The van der Waals surface area contributed by atoms with Crippen LogP contribution in [0.2, 0.25) is 0 Å². The molecule has 9 heteroatoms. The number of benzene rings is 1. The summed E-state index contributed by atoms with van der Waals surface area (Å²) in [6, 6.07) is 6.50. The van der Waals surface area contributed by atoms with Crippen LogP contribution in [0, 0.1) is 6.92 Å². The van der Waals surface area contributed by atoms with Gasteiger partial charge in [-0.15, -0.1) is 12.4 Å². The standard InChI is InChI=1S/C17H20F2N4O2.ClH/c1-11-4-5-12(9-15(11)25-17(18)19)21-16(24)14-6-8-23(22-14)13-3-2-7-20-10-13;/h4-6,8-9,13,17,20H,2-3,7,10H2,1H3,(H,21,24);1H. The van der Waals surface area contributed by atoms with E-state index in [2.05, 4.69) is 20.5 Å². The Morgan fingerprint density at radius 2 is 2.23 bits per heavy atom. The lowest BCUT2D eigenvalue weighted by Gasteiger charge is -2.22. The van der Waals surface area contributed by atoms with Crippen molar-refractivity contribution < 1.29 is 18.3 Å². The highest BCUT2D eigenvalue weighted by Crippen LogP contribution is 2.24. The van der Waals surface area contributed by atoms with Crippen molar-refractivity contribution in [3.05, 3.63) is 41.7 Å². The third kappa shape index (κ3) is 4.92. The van der Waals surface area contributed by atoms with Crippen LogP contribution in [0.25, 0.3) is 0 Å². The fourth-order valence-corrected chi connectivity index (χ4v) is 2.82. The van der Waals surface area contributed by atoms with E-state index in [0.29, 0.717) is 11.3 Å². The molecule has 1 aromatic heterocycles. The number of halogens is 3. The first-order valence-corrected chi connectivity index (χ1v) is 8.15. The van der Waals surface area contributed by atoms with Gasteiger partial charge >= 0.3 is 6.61 Å². The molecule has 2 aromatic rings. The summed E-state index contributed by atoms with van der Waals surface area (Å²) in [6.07, 6.45) is 3.87. The van der Waals surface area contributed by atoms with Gasteiger partial charge in [0.1, 0.15) is 5.75 Å². The lowest BCUT2D eigenvalue weighted by molar-refractivity contribution is -0.0502. The second kappa shape index (κ2) is 8.95. The third-order valence-electron chi connectivity index (χ3n) is 4.15. The average Bonchev–Trinajstić information content (AvgIpc) is 3.08. The maximum absolute atomic E-state index is 12.4. The number of alkyl halides is 2. The molecule has 2 N–H and O–H groups in total. The predicted octanol–water partition coefficient (Wildman–Crippen LogP) is 3.39. The minimum atomic E-state index is -2.91. The average molecular weight is 387 g/mol. The van der Waals surface area contributed by atoms with Crippen LogP contribution >= 0.6 is 12.4 Å². The van der Waals surface area contributed by atoms with Crippen LogP contribution in [-0.4, -0.2) is 35.4 Å². The van der Waals surface area contributed by atoms with E-state index in [4.69, 9.17) is 0 Å². The molecule has 0 aliphatic carbocycles. The van der Waals surface area contributed by atoms with E-state index in [9.17, 15) is 13.6 Å². The Morgan fingerprint density at radius 1 is 1.42 bits per heavy atom. The minimum Gasteiger partial charge on any atom is -0.434 e. The molecule has 1 aromatic carbocycles. The van der Waals surface area contributed by atoms with Gasteiger partial charge in [0.2, 0.25) is 0 Å². The van der Waals surface area contributed by atoms with E-state index in [1.807, 2.05) is 0 Å². The first kappa shape index (κ1) is 20.1. The van der Waals surface area contributed by atoms with Gasteiger partial charge in [-0.2, -0.15) is 13.9 Å². The van der Waals surface area contributed by atoms with Crippen molar-refractivity contribution in [3.63, 3.8) is 0 Å². The number of aromatic nitrogens is 2. The van der Waals surface area contributed by atoms with Crippen LogP contribution in [0.1, 0.15) is 34.9 Å². The second-order valence-corrected chi connectivity index (χ2v) is 5.99. The van der Waals surface area contributed by atoms with Crippen molar-refractivity contribution in [1.29, 1.82) is 0 Å². The Hall–Kier alpha value is -2.19. The Balaban J connectivity index is 0.00000243. The summed E-state index contributed by atoms with van der Waals surface area (Å²) in [4.78, 5) is 12.3. The Bertz CT molecular complexity index is 748. The van der Waals surface area contributed by atoms with Crippen LogP contribution < -0.4 is 15.4 Å². The summed E-state index contributed by atoms with van der Waals surface area (Å²) in [6.45, 7) is 0.573. The molecule has 1 unspecified atom stereocenters. The highest BCUT2D eigenvalue weighted by atomic mass is 35.5. The number of nitrogens with one attached hydrogen (secondary N) is 2. The van der Waals surface area contributed by atoms with Crippen molar-refractivity contribution in [3.8, 4) is 5.75 Å². The third-order valence-corrected chi connectivity index (χ3v) is 4.15. The second-order valence-electron chi connectivity index (χ2n) is 5.99. The van der Waals surface area contributed by atoms with Crippen molar-refractivity contribution in [2.45, 2.75) is 32.4 Å². The van der Waals surface area contributed by atoms with Crippen molar-refractivity contribution >= 4 is 24.0 Å². The highest BCUT2D eigenvalue weighted by molar-refractivity contribution is 6.02. The number of hydrogen-bond acceptors (Lipinski definition) is 4. The van der Waals surface area contributed by atoms with Crippen molar-refractivity contribution in [2.75, 3.05) is 18.4 Å². The van der Waals surface area contributed by atoms with E-state index in [0.717, 1.165) is 25.9 Å². The fourth-order valence-electron chi connectivity index (χ4n) is 2.82. The molecule has 6 nitrogen and oxygen atoms in total. The summed E-state index contributed by atoms with van der Waals surface area (Å²) >= 11 is 0. The Morgan fingerprint density at radius 3 is 2.92 bits per heavy atom. The lowest BCUT2D eigenvalue weighted by atomic mass is 10.1. The molecule has 1 saturated heterocycles. The summed E-state index contributed by atoms with van der Waals surface area (Å²) in [5.41, 5.74) is 1.22. The number of anilines is 1. The normalized spacial score (nSPS) is 16.8. The number of hydrogen-bond donors (Lipinski definition) is 2. The summed E-state index contributed by atoms with van der Waals surface area (Å²) < 4.78 is 31.1. The van der Waals surface area contributed by atoms with Crippen LogP contribution in [0.5, 0.6) is 5.75 Å². The van der Waals surface area contributed by atoms with E-state index in [1.165, 1.54) is 6.07 Å². The molecule has 2 heterocycles. The monoisotopic (exact) mass is 386 g/mol. The van der Waals surface area contributed by atoms with Crippen LogP contribution in [0.4, 0.5) is 14.5 Å². The number of piperidine rings is 1. The molecule has 1 aliphatic rings. The van der Waals surface area contributed by atoms with Gasteiger partial charge in [0.15, 0.2) is 5.69 Å². The summed E-state index contributed by atoms with van der Waals surface area (Å²) in [5, 5.41) is 10.3. The number of carbonyl (C=O) groups excluding carboxylic acids is 1. The number of amides is 1. The number of ether oxygens (including phenoxy) is 1. The molecule has 0 radical (unpaired) electrons. The minimum absolute atomic E-state index is 0. The smallest absolute Gasteiger partial charge is 0.387 e.